The highest BCUT2D eigenvalue weighted by molar-refractivity contribution is 5.79. The molecule has 0 aromatic heterocycles. The molecule has 0 atom stereocenters. The van der Waals surface area contributed by atoms with Gasteiger partial charge >= 0.3 is 0 Å². The molecule has 0 aliphatic rings. The van der Waals surface area contributed by atoms with Crippen molar-refractivity contribution in [1.29, 1.82) is 5.26 Å². The maximum Gasteiger partial charge on any atom is 0.224 e. The number of nitriles is 1. The van der Waals surface area contributed by atoms with E-state index in [1.165, 1.54) is 0 Å². The number of rotatable bonds is 5. The van der Waals surface area contributed by atoms with Crippen molar-refractivity contribution in [2.24, 2.45) is 0 Å². The van der Waals surface area contributed by atoms with E-state index in [0.717, 1.165) is 22.3 Å². The molecular weight excluding hydrogens is 308 g/mol. The standard InChI is InChI=1S/C22H18N2O/c23-15-17-9-11-18(12-10-17)16-24-22(25)14-19-5-4-8-21(13-19)20-6-2-1-3-7-20/h1-13H,14,16H2,(H,24,25). The first kappa shape index (κ1) is 16.5. The lowest BCUT2D eigenvalue weighted by molar-refractivity contribution is -0.120. The van der Waals surface area contributed by atoms with Gasteiger partial charge in [-0.15, -0.1) is 0 Å². The second-order valence-corrected chi connectivity index (χ2v) is 5.83. The van der Waals surface area contributed by atoms with Gasteiger partial charge in [0, 0.05) is 6.54 Å². The normalized spacial score (nSPS) is 10.0. The maximum atomic E-state index is 12.2. The van der Waals surface area contributed by atoms with Crippen LogP contribution in [0.5, 0.6) is 0 Å². The van der Waals surface area contributed by atoms with Gasteiger partial charge in [-0.05, 0) is 34.4 Å². The average Bonchev–Trinajstić information content (AvgIpc) is 2.68. The second kappa shape index (κ2) is 7.94. The van der Waals surface area contributed by atoms with Crippen LogP contribution in [-0.4, -0.2) is 5.91 Å². The first-order valence-corrected chi connectivity index (χ1v) is 8.15. The van der Waals surface area contributed by atoms with Crippen molar-refractivity contribution in [1.82, 2.24) is 5.32 Å². The summed E-state index contributed by atoms with van der Waals surface area (Å²) < 4.78 is 0. The third kappa shape index (κ3) is 4.55. The quantitative estimate of drug-likeness (QED) is 0.768. The topological polar surface area (TPSA) is 52.9 Å². The third-order valence-corrected chi connectivity index (χ3v) is 3.97. The Balaban J connectivity index is 1.60. The molecule has 0 saturated carbocycles. The Bertz CT molecular complexity index is 893. The lowest BCUT2D eigenvalue weighted by Gasteiger charge is -2.07. The summed E-state index contributed by atoms with van der Waals surface area (Å²) in [5, 5.41) is 11.7. The predicted molar refractivity (Wildman–Crippen MR) is 98.6 cm³/mol. The number of carbonyl (C=O) groups is 1. The minimum Gasteiger partial charge on any atom is -0.352 e. The van der Waals surface area contributed by atoms with Crippen molar-refractivity contribution in [3.05, 3.63) is 95.6 Å². The predicted octanol–water partition coefficient (Wildman–Crippen LogP) is 4.08. The fourth-order valence-electron chi connectivity index (χ4n) is 2.64. The minimum atomic E-state index is -0.0189. The lowest BCUT2D eigenvalue weighted by Crippen LogP contribution is -2.24. The van der Waals surface area contributed by atoms with Crippen LogP contribution in [0.3, 0.4) is 0 Å². The van der Waals surface area contributed by atoms with E-state index in [9.17, 15) is 4.79 Å². The third-order valence-electron chi connectivity index (χ3n) is 3.97. The molecule has 3 aromatic rings. The van der Waals surface area contributed by atoms with E-state index in [1.807, 2.05) is 48.5 Å². The smallest absolute Gasteiger partial charge is 0.224 e. The molecule has 122 valence electrons. The first-order valence-electron chi connectivity index (χ1n) is 8.15. The van der Waals surface area contributed by atoms with Gasteiger partial charge < -0.3 is 5.32 Å². The molecule has 0 bridgehead atoms. The SMILES string of the molecule is N#Cc1ccc(CNC(=O)Cc2cccc(-c3ccccc3)c2)cc1. The van der Waals surface area contributed by atoms with Crippen molar-refractivity contribution >= 4 is 5.91 Å². The van der Waals surface area contributed by atoms with Crippen LogP contribution in [0.1, 0.15) is 16.7 Å². The highest BCUT2D eigenvalue weighted by Crippen LogP contribution is 2.20. The molecule has 0 heterocycles. The number of benzene rings is 3. The van der Waals surface area contributed by atoms with E-state index in [2.05, 4.69) is 29.6 Å². The van der Waals surface area contributed by atoms with Crippen LogP contribution in [0.25, 0.3) is 11.1 Å². The molecule has 3 heteroatoms. The Morgan fingerprint density at radius 3 is 2.28 bits per heavy atom. The van der Waals surface area contributed by atoms with Crippen LogP contribution in [0.4, 0.5) is 0 Å². The average molecular weight is 326 g/mol. The van der Waals surface area contributed by atoms with Crippen molar-refractivity contribution in [3.63, 3.8) is 0 Å². The lowest BCUT2D eigenvalue weighted by atomic mass is 10.0. The van der Waals surface area contributed by atoms with E-state index in [4.69, 9.17) is 5.26 Å². The molecule has 0 spiro atoms. The van der Waals surface area contributed by atoms with E-state index in [-0.39, 0.29) is 5.91 Å². The number of carbonyl (C=O) groups excluding carboxylic acids is 1. The van der Waals surface area contributed by atoms with Crippen LogP contribution < -0.4 is 5.32 Å². The number of nitrogens with one attached hydrogen (secondary N) is 1. The van der Waals surface area contributed by atoms with Gasteiger partial charge in [0.1, 0.15) is 0 Å². The van der Waals surface area contributed by atoms with Gasteiger partial charge in [-0.2, -0.15) is 5.26 Å². The fraction of sp³-hybridized carbons (Fsp3) is 0.0909. The number of amides is 1. The van der Waals surface area contributed by atoms with Gasteiger partial charge in [0.15, 0.2) is 0 Å². The molecule has 0 saturated heterocycles. The Kier molecular flexibility index (Phi) is 5.23. The van der Waals surface area contributed by atoms with E-state index < -0.39 is 0 Å². The molecule has 3 aromatic carbocycles. The molecule has 0 aliphatic heterocycles. The molecule has 25 heavy (non-hydrogen) atoms. The zero-order valence-electron chi connectivity index (χ0n) is 13.8. The molecule has 3 rings (SSSR count). The molecule has 0 fully saturated rings. The van der Waals surface area contributed by atoms with Crippen molar-refractivity contribution in [2.45, 2.75) is 13.0 Å². The summed E-state index contributed by atoms with van der Waals surface area (Å²) in [7, 11) is 0. The van der Waals surface area contributed by atoms with Crippen LogP contribution >= 0.6 is 0 Å². The van der Waals surface area contributed by atoms with Gasteiger partial charge in [-0.25, -0.2) is 0 Å². The van der Waals surface area contributed by atoms with Gasteiger partial charge in [-0.1, -0.05) is 66.7 Å². The molecule has 3 nitrogen and oxygen atoms in total. The largest absolute Gasteiger partial charge is 0.352 e. The first-order chi connectivity index (χ1) is 12.2. The Morgan fingerprint density at radius 2 is 1.56 bits per heavy atom. The zero-order chi connectivity index (χ0) is 17.5. The Morgan fingerprint density at radius 1 is 0.840 bits per heavy atom. The van der Waals surface area contributed by atoms with Crippen LogP contribution in [0.15, 0.2) is 78.9 Å². The molecule has 1 N–H and O–H groups in total. The van der Waals surface area contributed by atoms with Crippen molar-refractivity contribution in [3.8, 4) is 17.2 Å². The highest BCUT2D eigenvalue weighted by Gasteiger charge is 2.05. The van der Waals surface area contributed by atoms with Gasteiger partial charge in [-0.3, -0.25) is 4.79 Å². The zero-order valence-corrected chi connectivity index (χ0v) is 13.8. The summed E-state index contributed by atoms with van der Waals surface area (Å²) in [6, 6.07) is 27.5. The monoisotopic (exact) mass is 326 g/mol. The minimum absolute atomic E-state index is 0.0189. The van der Waals surface area contributed by atoms with Gasteiger partial charge in [0.05, 0.1) is 18.1 Å². The number of nitrogens with zero attached hydrogens (tertiary/aromatic N) is 1. The number of hydrogen-bond acceptors (Lipinski definition) is 2. The maximum absolute atomic E-state index is 12.2. The Labute approximate surface area is 147 Å². The summed E-state index contributed by atoms with van der Waals surface area (Å²) in [5.41, 5.74) is 4.83. The van der Waals surface area contributed by atoms with E-state index >= 15 is 0 Å². The molecule has 0 radical (unpaired) electrons. The van der Waals surface area contributed by atoms with Crippen LogP contribution in [-0.2, 0) is 17.8 Å². The van der Waals surface area contributed by atoms with Gasteiger partial charge in [0.2, 0.25) is 5.91 Å². The summed E-state index contributed by atoms with van der Waals surface area (Å²) in [6.45, 7) is 0.461. The number of hydrogen-bond donors (Lipinski definition) is 1. The van der Waals surface area contributed by atoms with Crippen LogP contribution in [0, 0.1) is 11.3 Å². The second-order valence-electron chi connectivity index (χ2n) is 5.83. The van der Waals surface area contributed by atoms with E-state index in [1.54, 1.807) is 12.1 Å². The van der Waals surface area contributed by atoms with Crippen molar-refractivity contribution < 1.29 is 4.79 Å². The van der Waals surface area contributed by atoms with Crippen molar-refractivity contribution in [2.75, 3.05) is 0 Å². The molecule has 0 unspecified atom stereocenters. The van der Waals surface area contributed by atoms with Crippen LogP contribution in [0.2, 0.25) is 0 Å². The summed E-state index contributed by atoms with van der Waals surface area (Å²) in [6.07, 6.45) is 0.344. The van der Waals surface area contributed by atoms with Gasteiger partial charge in [0.25, 0.3) is 0 Å². The molecular formula is C22H18N2O. The molecule has 0 aliphatic carbocycles. The fourth-order valence-corrected chi connectivity index (χ4v) is 2.64. The van der Waals surface area contributed by atoms with E-state index in [0.29, 0.717) is 18.5 Å². The summed E-state index contributed by atoms with van der Waals surface area (Å²) in [4.78, 5) is 12.2. The highest BCUT2D eigenvalue weighted by atomic mass is 16.1. The Hall–Kier alpha value is -3.38. The summed E-state index contributed by atoms with van der Waals surface area (Å²) >= 11 is 0. The summed E-state index contributed by atoms with van der Waals surface area (Å²) in [5.74, 6) is -0.0189. The molecule has 1 amide bonds.